The van der Waals surface area contributed by atoms with Gasteiger partial charge < -0.3 is 9.64 Å². The van der Waals surface area contributed by atoms with Gasteiger partial charge in [0, 0.05) is 23.6 Å². The van der Waals surface area contributed by atoms with E-state index in [0.29, 0.717) is 13.1 Å². The first-order valence-corrected chi connectivity index (χ1v) is 7.32. The summed E-state index contributed by atoms with van der Waals surface area (Å²) in [5.74, 6) is 0. The summed E-state index contributed by atoms with van der Waals surface area (Å²) >= 11 is 0. The van der Waals surface area contributed by atoms with Crippen LogP contribution in [0.25, 0.3) is 0 Å². The average Bonchev–Trinajstić information content (AvgIpc) is 3.16. The van der Waals surface area contributed by atoms with Gasteiger partial charge in [0.05, 0.1) is 17.2 Å². The van der Waals surface area contributed by atoms with E-state index in [1.807, 2.05) is 20.8 Å². The Morgan fingerprint density at radius 2 is 2.14 bits per heavy atom. The highest BCUT2D eigenvalue weighted by atomic mass is 16.6. The Morgan fingerprint density at radius 1 is 1.45 bits per heavy atom. The van der Waals surface area contributed by atoms with E-state index < -0.39 is 10.5 Å². The van der Waals surface area contributed by atoms with Gasteiger partial charge in [0.2, 0.25) is 0 Å². The molecule has 1 aliphatic carbocycles. The summed E-state index contributed by atoms with van der Waals surface area (Å²) < 4.78 is 5.42. The summed E-state index contributed by atoms with van der Waals surface area (Å²) in [4.78, 5) is 28.7. The summed E-state index contributed by atoms with van der Waals surface area (Å²) in [7, 11) is 0. The summed E-state index contributed by atoms with van der Waals surface area (Å²) in [5, 5.41) is 10.9. The van der Waals surface area contributed by atoms with E-state index in [9.17, 15) is 14.9 Å². The molecule has 118 valence electrons. The Kier molecular flexibility index (Phi) is 3.12. The van der Waals surface area contributed by atoms with Crippen molar-refractivity contribution < 1.29 is 14.5 Å². The quantitative estimate of drug-likeness (QED) is 0.588. The molecule has 1 amide bonds. The fraction of sp³-hybridized carbons (Fsp3) is 0.600. The number of hydrogen-bond acceptors (Lipinski definition) is 5. The van der Waals surface area contributed by atoms with Crippen LogP contribution in [0.4, 0.5) is 10.5 Å². The predicted molar refractivity (Wildman–Crippen MR) is 78.4 cm³/mol. The van der Waals surface area contributed by atoms with Crippen LogP contribution in [-0.4, -0.2) is 33.0 Å². The molecule has 0 radical (unpaired) electrons. The van der Waals surface area contributed by atoms with Crippen LogP contribution in [0.2, 0.25) is 0 Å². The topological polar surface area (TPSA) is 85.6 Å². The van der Waals surface area contributed by atoms with Crippen LogP contribution in [0, 0.1) is 10.1 Å². The fourth-order valence-electron chi connectivity index (χ4n) is 2.90. The molecule has 1 aliphatic heterocycles. The molecule has 7 nitrogen and oxygen atoms in total. The lowest BCUT2D eigenvalue weighted by Crippen LogP contribution is -2.44. The maximum atomic E-state index is 12.3. The van der Waals surface area contributed by atoms with E-state index in [-0.39, 0.29) is 17.2 Å². The molecule has 7 heteroatoms. The maximum absolute atomic E-state index is 12.3. The van der Waals surface area contributed by atoms with Crippen LogP contribution >= 0.6 is 0 Å². The monoisotopic (exact) mass is 305 g/mol. The molecule has 1 saturated carbocycles. The van der Waals surface area contributed by atoms with Gasteiger partial charge in [0.25, 0.3) is 5.69 Å². The molecule has 0 bridgehead atoms. The summed E-state index contributed by atoms with van der Waals surface area (Å²) in [6.45, 7) is 6.34. The second-order valence-electron chi connectivity index (χ2n) is 7.08. The molecule has 22 heavy (non-hydrogen) atoms. The van der Waals surface area contributed by atoms with Crippen molar-refractivity contribution >= 4 is 11.8 Å². The molecule has 2 heterocycles. The molecule has 1 aromatic rings. The molecular formula is C15H19N3O4. The minimum absolute atomic E-state index is 0.0411. The summed E-state index contributed by atoms with van der Waals surface area (Å²) in [6, 6.07) is 1.53. The van der Waals surface area contributed by atoms with Crippen molar-refractivity contribution in [3.63, 3.8) is 0 Å². The van der Waals surface area contributed by atoms with E-state index >= 15 is 0 Å². The van der Waals surface area contributed by atoms with Gasteiger partial charge in [-0.2, -0.15) is 0 Å². The third-order valence-corrected chi connectivity index (χ3v) is 4.03. The van der Waals surface area contributed by atoms with Gasteiger partial charge in [0.1, 0.15) is 11.8 Å². The van der Waals surface area contributed by atoms with Gasteiger partial charge in [-0.1, -0.05) is 0 Å². The van der Waals surface area contributed by atoms with Crippen molar-refractivity contribution in [1.29, 1.82) is 0 Å². The molecule has 0 atom stereocenters. The standard InChI is InChI=1S/C15H19N3O4/c1-14(2,3)22-13(19)17-8-10-6-11(18(20)21)7-16-12(10)15(9-17)4-5-15/h6-7H,4-5,8-9H2,1-3H3. The SMILES string of the molecule is CC(C)(C)OC(=O)N1Cc2cc([N+](=O)[O-])cnc2C2(CC2)C1. The number of nitrogens with zero attached hydrogens (tertiary/aromatic N) is 3. The van der Waals surface area contributed by atoms with E-state index in [1.165, 1.54) is 12.3 Å². The zero-order chi connectivity index (χ0) is 16.1. The van der Waals surface area contributed by atoms with Crippen molar-refractivity contribution in [1.82, 2.24) is 9.88 Å². The smallest absolute Gasteiger partial charge is 0.410 e. The molecule has 0 unspecified atom stereocenters. The van der Waals surface area contributed by atoms with Crippen LogP contribution in [0.3, 0.4) is 0 Å². The number of pyridine rings is 1. The second-order valence-corrected chi connectivity index (χ2v) is 7.08. The van der Waals surface area contributed by atoms with Crippen LogP contribution in [0.1, 0.15) is 44.9 Å². The van der Waals surface area contributed by atoms with Crippen molar-refractivity contribution in [2.45, 2.75) is 51.2 Å². The van der Waals surface area contributed by atoms with Crippen LogP contribution in [0.5, 0.6) is 0 Å². The Balaban J connectivity index is 1.90. The molecule has 1 spiro atoms. The third-order valence-electron chi connectivity index (χ3n) is 4.03. The van der Waals surface area contributed by atoms with Crippen molar-refractivity contribution in [2.24, 2.45) is 0 Å². The maximum Gasteiger partial charge on any atom is 0.410 e. The molecule has 0 aromatic carbocycles. The zero-order valence-corrected chi connectivity index (χ0v) is 13.0. The zero-order valence-electron chi connectivity index (χ0n) is 13.0. The van der Waals surface area contributed by atoms with Crippen molar-refractivity contribution in [3.8, 4) is 0 Å². The summed E-state index contributed by atoms with van der Waals surface area (Å²) in [5.41, 5.74) is 0.913. The van der Waals surface area contributed by atoms with Gasteiger partial charge in [-0.3, -0.25) is 15.1 Å². The van der Waals surface area contributed by atoms with E-state index in [4.69, 9.17) is 4.74 Å². The van der Waals surface area contributed by atoms with Crippen molar-refractivity contribution in [2.75, 3.05) is 6.54 Å². The second kappa shape index (κ2) is 4.66. The van der Waals surface area contributed by atoms with E-state index in [0.717, 1.165) is 24.1 Å². The number of aromatic nitrogens is 1. The minimum atomic E-state index is -0.561. The highest BCUT2D eigenvalue weighted by Gasteiger charge is 2.52. The molecular weight excluding hydrogens is 286 g/mol. The number of nitro groups is 1. The van der Waals surface area contributed by atoms with Crippen molar-refractivity contribution in [3.05, 3.63) is 33.6 Å². The van der Waals surface area contributed by atoms with Gasteiger partial charge >= 0.3 is 6.09 Å². The first-order chi connectivity index (χ1) is 10.2. The largest absolute Gasteiger partial charge is 0.444 e. The molecule has 3 rings (SSSR count). The Bertz CT molecular complexity index is 647. The number of amides is 1. The lowest BCUT2D eigenvalue weighted by Gasteiger charge is -2.35. The molecule has 0 N–H and O–H groups in total. The van der Waals surface area contributed by atoms with Crippen LogP contribution in [0.15, 0.2) is 12.3 Å². The third kappa shape index (κ3) is 2.63. The Labute approximate surface area is 128 Å². The molecule has 1 aromatic heterocycles. The van der Waals surface area contributed by atoms with Crippen LogP contribution in [-0.2, 0) is 16.7 Å². The van der Waals surface area contributed by atoms with Gasteiger partial charge in [-0.05, 0) is 33.6 Å². The highest BCUT2D eigenvalue weighted by Crippen LogP contribution is 2.51. The van der Waals surface area contributed by atoms with Crippen LogP contribution < -0.4 is 0 Å². The number of fused-ring (bicyclic) bond motifs is 2. The van der Waals surface area contributed by atoms with E-state index in [1.54, 1.807) is 4.90 Å². The number of rotatable bonds is 1. The number of hydrogen-bond donors (Lipinski definition) is 0. The molecule has 1 fully saturated rings. The van der Waals surface area contributed by atoms with Gasteiger partial charge in [0.15, 0.2) is 0 Å². The lowest BCUT2D eigenvalue weighted by atomic mass is 9.92. The van der Waals surface area contributed by atoms with E-state index in [2.05, 4.69) is 4.98 Å². The normalized spacial score (nSPS) is 18.8. The Hall–Kier alpha value is -2.18. The average molecular weight is 305 g/mol. The number of carbonyl (C=O) groups is 1. The number of ether oxygens (including phenoxy) is 1. The fourth-order valence-corrected chi connectivity index (χ4v) is 2.90. The summed E-state index contributed by atoms with van der Waals surface area (Å²) in [6.07, 6.45) is 2.83. The van der Waals surface area contributed by atoms with Gasteiger partial charge in [-0.25, -0.2) is 4.79 Å². The first-order valence-electron chi connectivity index (χ1n) is 7.32. The molecule has 2 aliphatic rings. The number of carbonyl (C=O) groups excluding carboxylic acids is 1. The lowest BCUT2D eigenvalue weighted by molar-refractivity contribution is -0.385. The predicted octanol–water partition coefficient (Wildman–Crippen LogP) is 2.77. The highest BCUT2D eigenvalue weighted by molar-refractivity contribution is 5.69. The molecule has 0 saturated heterocycles. The van der Waals surface area contributed by atoms with Gasteiger partial charge in [-0.15, -0.1) is 0 Å². The Morgan fingerprint density at radius 3 is 2.68 bits per heavy atom. The minimum Gasteiger partial charge on any atom is -0.444 e. The first kappa shape index (κ1) is 14.7.